The van der Waals surface area contributed by atoms with E-state index in [1.165, 1.54) is 18.4 Å². The van der Waals surface area contributed by atoms with Gasteiger partial charge in [-0.15, -0.1) is 0 Å². The van der Waals surface area contributed by atoms with Crippen LogP contribution in [0.1, 0.15) is 44.7 Å². The summed E-state index contributed by atoms with van der Waals surface area (Å²) < 4.78 is 12.8. The Bertz CT molecular complexity index is 1120. The minimum absolute atomic E-state index is 0.166. The monoisotopic (exact) mass is 434 g/mol. The SMILES string of the molecule is C=C1CN2CCC[C@@]2(c2nc3c4c(ncnc4c2OCC)N2CC4CCC(N4)C2CO3)C1. The maximum Gasteiger partial charge on any atom is 0.227 e. The lowest BCUT2D eigenvalue weighted by atomic mass is 9.87. The van der Waals surface area contributed by atoms with Gasteiger partial charge in [0.15, 0.2) is 5.75 Å². The third-order valence-electron chi connectivity index (χ3n) is 8.22. The molecule has 0 spiro atoms. The van der Waals surface area contributed by atoms with Crippen molar-refractivity contribution in [2.24, 2.45) is 0 Å². The highest BCUT2D eigenvalue weighted by Gasteiger charge is 2.51. The summed E-state index contributed by atoms with van der Waals surface area (Å²) in [5, 5.41) is 4.68. The summed E-state index contributed by atoms with van der Waals surface area (Å²) in [5.74, 6) is 2.41. The van der Waals surface area contributed by atoms with Gasteiger partial charge in [-0.1, -0.05) is 12.2 Å². The maximum absolute atomic E-state index is 6.48. The second-order valence-corrected chi connectivity index (χ2v) is 10.0. The zero-order valence-corrected chi connectivity index (χ0v) is 18.6. The summed E-state index contributed by atoms with van der Waals surface area (Å²) in [5.41, 5.74) is 2.91. The van der Waals surface area contributed by atoms with Gasteiger partial charge < -0.3 is 19.7 Å². The first-order valence-electron chi connectivity index (χ1n) is 12.1. The molecular formula is C24H30N6O2. The molecule has 0 aliphatic carbocycles. The number of hydrogen-bond acceptors (Lipinski definition) is 8. The first kappa shape index (κ1) is 19.1. The van der Waals surface area contributed by atoms with Crippen molar-refractivity contribution < 1.29 is 9.47 Å². The number of nitrogens with one attached hydrogen (secondary N) is 1. The summed E-state index contributed by atoms with van der Waals surface area (Å²) >= 11 is 0. The molecule has 4 atom stereocenters. The van der Waals surface area contributed by atoms with Crippen LogP contribution in [0.5, 0.6) is 11.6 Å². The lowest BCUT2D eigenvalue weighted by Crippen LogP contribution is -2.60. The standard InChI is InChI=1S/C24H30N6O2/c1-3-31-20-19-18-22(26-13-25-19)30-11-15-5-6-16(27-15)17(30)12-32-23(18)28-21(20)24-7-4-8-29(24)10-14(2)9-24/h13,15-17,27H,2-12H2,1H3/t15?,16?,17?,24-/m0/s1. The van der Waals surface area contributed by atoms with Gasteiger partial charge >= 0.3 is 0 Å². The topological polar surface area (TPSA) is 75.6 Å². The first-order chi connectivity index (χ1) is 15.7. The maximum atomic E-state index is 6.48. The van der Waals surface area contributed by atoms with Gasteiger partial charge in [-0.2, -0.15) is 0 Å². The van der Waals surface area contributed by atoms with E-state index >= 15 is 0 Å². The highest BCUT2D eigenvalue weighted by molar-refractivity contribution is 5.98. The predicted octanol–water partition coefficient (Wildman–Crippen LogP) is 2.38. The van der Waals surface area contributed by atoms with Gasteiger partial charge in [0.1, 0.15) is 35.3 Å². The average molecular weight is 435 g/mol. The Kier molecular flexibility index (Phi) is 4.04. The fraction of sp³-hybridized carbons (Fsp3) is 0.625. The molecular weight excluding hydrogens is 404 g/mol. The van der Waals surface area contributed by atoms with Crippen molar-refractivity contribution in [3.8, 4) is 11.6 Å². The van der Waals surface area contributed by atoms with Crippen LogP contribution in [-0.2, 0) is 5.54 Å². The van der Waals surface area contributed by atoms with Crippen molar-refractivity contribution in [3.05, 3.63) is 24.2 Å². The van der Waals surface area contributed by atoms with Gasteiger partial charge in [-0.3, -0.25) is 4.90 Å². The van der Waals surface area contributed by atoms with Gasteiger partial charge in [0.05, 0.1) is 18.2 Å². The summed E-state index contributed by atoms with van der Waals surface area (Å²) in [7, 11) is 0. The molecule has 3 unspecified atom stereocenters. The molecule has 5 aliphatic rings. The van der Waals surface area contributed by atoms with Crippen LogP contribution in [0.25, 0.3) is 10.9 Å². The van der Waals surface area contributed by atoms with E-state index in [2.05, 4.69) is 21.7 Å². The van der Waals surface area contributed by atoms with Gasteiger partial charge in [-0.25, -0.2) is 15.0 Å². The molecule has 8 nitrogen and oxygen atoms in total. The van der Waals surface area contributed by atoms with Crippen molar-refractivity contribution in [2.45, 2.75) is 62.7 Å². The summed E-state index contributed by atoms with van der Waals surface area (Å²) in [6.45, 7) is 10.5. The van der Waals surface area contributed by atoms with Crippen LogP contribution in [0.4, 0.5) is 5.82 Å². The fourth-order valence-corrected chi connectivity index (χ4v) is 6.94. The molecule has 8 heteroatoms. The number of pyridine rings is 1. The van der Waals surface area contributed by atoms with E-state index in [-0.39, 0.29) is 11.6 Å². The number of nitrogens with zero attached hydrogens (tertiary/aromatic N) is 5. The predicted molar refractivity (Wildman–Crippen MR) is 121 cm³/mol. The molecule has 32 heavy (non-hydrogen) atoms. The minimum Gasteiger partial charge on any atom is -0.490 e. The molecule has 7 heterocycles. The molecule has 1 N–H and O–H groups in total. The van der Waals surface area contributed by atoms with Gasteiger partial charge in [0.2, 0.25) is 5.88 Å². The molecule has 0 amide bonds. The molecule has 2 aromatic heterocycles. The third-order valence-corrected chi connectivity index (χ3v) is 8.22. The second kappa shape index (κ2) is 6.78. The van der Waals surface area contributed by atoms with Crippen LogP contribution in [0, 0.1) is 0 Å². The first-order valence-corrected chi connectivity index (χ1v) is 12.1. The smallest absolute Gasteiger partial charge is 0.227 e. The van der Waals surface area contributed by atoms with Crippen LogP contribution < -0.4 is 19.7 Å². The van der Waals surface area contributed by atoms with Crippen molar-refractivity contribution in [1.29, 1.82) is 0 Å². The summed E-state index contributed by atoms with van der Waals surface area (Å²) in [6.07, 6.45) is 7.23. The normalized spacial score (nSPS) is 33.2. The Hall–Kier alpha value is -2.45. The summed E-state index contributed by atoms with van der Waals surface area (Å²) in [4.78, 5) is 19.7. The Morgan fingerprint density at radius 3 is 3.19 bits per heavy atom. The van der Waals surface area contributed by atoms with Crippen LogP contribution in [0.2, 0.25) is 0 Å². The van der Waals surface area contributed by atoms with E-state index in [1.54, 1.807) is 6.33 Å². The lowest BCUT2D eigenvalue weighted by Gasteiger charge is -2.40. The summed E-state index contributed by atoms with van der Waals surface area (Å²) in [6, 6.07) is 1.20. The molecule has 168 valence electrons. The zero-order valence-electron chi connectivity index (χ0n) is 18.6. The quantitative estimate of drug-likeness (QED) is 0.738. The lowest BCUT2D eigenvalue weighted by molar-refractivity contribution is 0.180. The van der Waals surface area contributed by atoms with E-state index < -0.39 is 0 Å². The molecule has 4 fully saturated rings. The van der Waals surface area contributed by atoms with Crippen LogP contribution in [0.15, 0.2) is 18.5 Å². The Labute approximate surface area is 188 Å². The largest absolute Gasteiger partial charge is 0.490 e. The van der Waals surface area contributed by atoms with E-state index in [4.69, 9.17) is 24.4 Å². The average Bonchev–Trinajstić information content (AvgIpc) is 3.42. The number of rotatable bonds is 3. The molecule has 0 aromatic carbocycles. The molecule has 0 saturated carbocycles. The van der Waals surface area contributed by atoms with Gasteiger partial charge in [-0.05, 0) is 45.6 Å². The van der Waals surface area contributed by atoms with Crippen molar-refractivity contribution in [2.75, 3.05) is 37.7 Å². The van der Waals surface area contributed by atoms with Crippen LogP contribution in [-0.4, -0.2) is 70.8 Å². The number of hydrogen-bond donors (Lipinski definition) is 1. The Balaban J connectivity index is 1.46. The van der Waals surface area contributed by atoms with Crippen LogP contribution in [0.3, 0.4) is 0 Å². The minimum atomic E-state index is -0.166. The molecule has 0 radical (unpaired) electrons. The number of ether oxygens (including phenoxy) is 2. The van der Waals surface area contributed by atoms with Crippen molar-refractivity contribution in [3.63, 3.8) is 0 Å². The zero-order chi connectivity index (χ0) is 21.4. The highest BCUT2D eigenvalue weighted by Crippen LogP contribution is 2.53. The third kappa shape index (κ3) is 2.48. The van der Waals surface area contributed by atoms with Crippen molar-refractivity contribution in [1.82, 2.24) is 25.2 Å². The molecule has 2 aromatic rings. The van der Waals surface area contributed by atoms with Crippen LogP contribution >= 0.6 is 0 Å². The number of aromatic nitrogens is 3. The van der Waals surface area contributed by atoms with E-state index in [0.29, 0.717) is 31.2 Å². The fourth-order valence-electron chi connectivity index (χ4n) is 6.94. The van der Waals surface area contributed by atoms with Gasteiger partial charge in [0, 0.05) is 25.2 Å². The number of anilines is 1. The number of fused-ring (bicyclic) bond motifs is 6. The molecule has 4 saturated heterocycles. The molecule has 5 aliphatic heterocycles. The Morgan fingerprint density at radius 2 is 2.28 bits per heavy atom. The van der Waals surface area contributed by atoms with Gasteiger partial charge in [0.25, 0.3) is 0 Å². The number of piperazine rings is 1. The molecule has 7 rings (SSSR count). The van der Waals surface area contributed by atoms with E-state index in [1.807, 2.05) is 6.92 Å². The van der Waals surface area contributed by atoms with Crippen molar-refractivity contribution >= 4 is 16.7 Å². The second-order valence-electron chi connectivity index (χ2n) is 10.0. The molecule has 2 bridgehead atoms. The van der Waals surface area contributed by atoms with E-state index in [9.17, 15) is 0 Å². The van der Waals surface area contributed by atoms with E-state index in [0.717, 1.165) is 67.1 Å². The Morgan fingerprint density at radius 1 is 1.34 bits per heavy atom. The highest BCUT2D eigenvalue weighted by atomic mass is 16.5.